The van der Waals surface area contributed by atoms with Gasteiger partial charge in [0.2, 0.25) is 5.88 Å². The van der Waals surface area contributed by atoms with E-state index >= 15 is 0 Å². The molecule has 0 atom stereocenters. The molecule has 0 spiro atoms. The number of benzene rings is 2. The summed E-state index contributed by atoms with van der Waals surface area (Å²) in [6.45, 7) is 0. The molecule has 0 saturated heterocycles. The number of methoxy groups -OCH3 is 1. The molecule has 0 radical (unpaired) electrons. The summed E-state index contributed by atoms with van der Waals surface area (Å²) in [6, 6.07) is 10.3. The molecule has 1 amide bonds. The van der Waals surface area contributed by atoms with E-state index in [-0.39, 0.29) is 17.1 Å². The average Bonchev–Trinajstić information content (AvgIpc) is 2.88. The fourth-order valence-corrected chi connectivity index (χ4v) is 2.21. The number of azo groups is 1. The largest absolute Gasteiger partial charge is 0.495 e. The van der Waals surface area contributed by atoms with Gasteiger partial charge in [0.1, 0.15) is 11.6 Å². The van der Waals surface area contributed by atoms with Crippen molar-refractivity contribution in [3.63, 3.8) is 0 Å². The molecule has 116 valence electrons. The molecule has 3 aromatic rings. The highest BCUT2D eigenvalue weighted by molar-refractivity contribution is 5.98. The molecule has 23 heavy (non-hydrogen) atoms. The fourth-order valence-electron chi connectivity index (χ4n) is 2.21. The number of nitrogens with zero attached hydrogens (tertiary/aromatic N) is 2. The number of rotatable bonds is 3. The van der Waals surface area contributed by atoms with E-state index in [2.05, 4.69) is 15.2 Å². The number of aromatic hydroxyl groups is 1. The number of aromatic nitrogens is 1. The third kappa shape index (κ3) is 2.76. The van der Waals surface area contributed by atoms with E-state index in [1.54, 1.807) is 18.2 Å². The average molecular weight is 313 g/mol. The number of hydrogen-bond donors (Lipinski definition) is 2. The van der Waals surface area contributed by atoms with Crippen molar-refractivity contribution in [3.8, 4) is 11.6 Å². The molecule has 7 heteroatoms. The first-order valence-electron chi connectivity index (χ1n) is 6.69. The van der Waals surface area contributed by atoms with Crippen molar-refractivity contribution in [2.45, 2.75) is 0 Å². The van der Waals surface area contributed by atoms with Crippen LogP contribution in [0.15, 0.2) is 52.7 Å². The lowest BCUT2D eigenvalue weighted by Gasteiger charge is -1.99. The molecule has 0 saturated carbocycles. The number of hydrogen-bond acceptors (Lipinski definition) is 4. The Kier molecular flexibility index (Phi) is 3.76. The summed E-state index contributed by atoms with van der Waals surface area (Å²) in [5.74, 6) is -0.956. The van der Waals surface area contributed by atoms with Crippen molar-refractivity contribution in [3.05, 3.63) is 53.8 Å². The van der Waals surface area contributed by atoms with Gasteiger partial charge >= 0.3 is 0 Å². The molecule has 2 N–H and O–H groups in total. The van der Waals surface area contributed by atoms with E-state index in [9.17, 15) is 14.3 Å². The third-order valence-electron chi connectivity index (χ3n) is 3.28. The van der Waals surface area contributed by atoms with Crippen LogP contribution >= 0.6 is 0 Å². The number of ether oxygens (including phenoxy) is 1. The first-order valence-corrected chi connectivity index (χ1v) is 6.69. The molecule has 1 heterocycles. The van der Waals surface area contributed by atoms with Crippen LogP contribution in [-0.4, -0.2) is 23.1 Å². The maximum Gasteiger partial charge on any atom is 0.295 e. The number of amides is 1. The van der Waals surface area contributed by atoms with Crippen molar-refractivity contribution in [1.29, 1.82) is 0 Å². The molecule has 6 nitrogen and oxygen atoms in total. The number of halogens is 1. The zero-order chi connectivity index (χ0) is 16.4. The van der Waals surface area contributed by atoms with E-state index in [0.29, 0.717) is 16.7 Å². The SMILES string of the molecule is COc1cccc2c(N=NC(=O)c3cccc(F)c3)c(O)[nH]c12. The first kappa shape index (κ1) is 14.7. The Balaban J connectivity index is 1.98. The molecule has 2 aromatic carbocycles. The van der Waals surface area contributed by atoms with Crippen LogP contribution in [0.3, 0.4) is 0 Å². The van der Waals surface area contributed by atoms with Gasteiger partial charge in [-0.15, -0.1) is 10.2 Å². The second-order valence-electron chi connectivity index (χ2n) is 4.72. The molecule has 0 aliphatic heterocycles. The molecule has 1 aromatic heterocycles. The van der Waals surface area contributed by atoms with Crippen molar-refractivity contribution in [1.82, 2.24) is 4.98 Å². The Morgan fingerprint density at radius 3 is 2.78 bits per heavy atom. The van der Waals surface area contributed by atoms with Gasteiger partial charge in [0.15, 0.2) is 5.69 Å². The monoisotopic (exact) mass is 313 g/mol. The van der Waals surface area contributed by atoms with Gasteiger partial charge in [-0.1, -0.05) is 18.2 Å². The van der Waals surface area contributed by atoms with Crippen LogP contribution in [0, 0.1) is 5.82 Å². The van der Waals surface area contributed by atoms with Gasteiger partial charge in [0, 0.05) is 10.9 Å². The second kappa shape index (κ2) is 5.88. The molecule has 0 aliphatic rings. The van der Waals surface area contributed by atoms with Crippen LogP contribution in [0.2, 0.25) is 0 Å². The van der Waals surface area contributed by atoms with Crippen LogP contribution < -0.4 is 4.74 Å². The molecular weight excluding hydrogens is 301 g/mol. The van der Waals surface area contributed by atoms with Crippen LogP contribution in [0.25, 0.3) is 10.9 Å². The summed E-state index contributed by atoms with van der Waals surface area (Å²) in [4.78, 5) is 14.6. The number of fused-ring (bicyclic) bond motifs is 1. The number of H-pyrrole nitrogens is 1. The Morgan fingerprint density at radius 1 is 1.26 bits per heavy atom. The summed E-state index contributed by atoms with van der Waals surface area (Å²) < 4.78 is 18.3. The molecular formula is C16H12FN3O3. The van der Waals surface area contributed by atoms with Gasteiger partial charge in [-0.3, -0.25) is 4.79 Å². The molecule has 0 fully saturated rings. The van der Waals surface area contributed by atoms with Gasteiger partial charge in [0.25, 0.3) is 5.91 Å². The fraction of sp³-hybridized carbons (Fsp3) is 0.0625. The lowest BCUT2D eigenvalue weighted by atomic mass is 10.2. The number of nitrogens with one attached hydrogen (secondary N) is 1. The quantitative estimate of drug-likeness (QED) is 0.718. The highest BCUT2D eigenvalue weighted by Gasteiger charge is 2.14. The predicted molar refractivity (Wildman–Crippen MR) is 81.8 cm³/mol. The summed E-state index contributed by atoms with van der Waals surface area (Å²) >= 11 is 0. The smallest absolute Gasteiger partial charge is 0.295 e. The first-order chi connectivity index (χ1) is 11.1. The van der Waals surface area contributed by atoms with Crippen LogP contribution in [0.5, 0.6) is 11.6 Å². The van der Waals surface area contributed by atoms with Crippen LogP contribution in [-0.2, 0) is 0 Å². The molecule has 0 bridgehead atoms. The third-order valence-corrected chi connectivity index (χ3v) is 3.28. The Hall–Kier alpha value is -3.22. The lowest BCUT2D eigenvalue weighted by Crippen LogP contribution is -1.93. The van der Waals surface area contributed by atoms with Gasteiger partial charge in [-0.25, -0.2) is 4.39 Å². The van der Waals surface area contributed by atoms with E-state index in [1.165, 1.54) is 25.3 Å². The number of carbonyl (C=O) groups is 1. The minimum Gasteiger partial charge on any atom is -0.495 e. The molecule has 3 rings (SSSR count). The van der Waals surface area contributed by atoms with Crippen molar-refractivity contribution in [2.75, 3.05) is 7.11 Å². The van der Waals surface area contributed by atoms with Crippen LogP contribution in [0.1, 0.15) is 10.4 Å². The Labute approximate surface area is 130 Å². The number of para-hydroxylation sites is 1. The maximum absolute atomic E-state index is 13.1. The van der Waals surface area contributed by atoms with Gasteiger partial charge in [-0.2, -0.15) is 0 Å². The van der Waals surface area contributed by atoms with E-state index in [0.717, 1.165) is 6.07 Å². The Morgan fingerprint density at radius 2 is 2.04 bits per heavy atom. The normalized spacial score (nSPS) is 11.2. The number of carbonyl (C=O) groups excluding carboxylic acids is 1. The van der Waals surface area contributed by atoms with E-state index in [4.69, 9.17) is 4.74 Å². The zero-order valence-corrected chi connectivity index (χ0v) is 12.1. The highest BCUT2D eigenvalue weighted by Crippen LogP contribution is 2.39. The predicted octanol–water partition coefficient (Wildman–Crippen LogP) is 3.95. The van der Waals surface area contributed by atoms with Crippen LogP contribution in [0.4, 0.5) is 10.1 Å². The number of aromatic amines is 1. The topological polar surface area (TPSA) is 87.0 Å². The van der Waals surface area contributed by atoms with E-state index < -0.39 is 11.7 Å². The highest BCUT2D eigenvalue weighted by atomic mass is 19.1. The van der Waals surface area contributed by atoms with Gasteiger partial charge in [-0.05, 0) is 24.3 Å². The van der Waals surface area contributed by atoms with E-state index in [1.807, 2.05) is 0 Å². The van der Waals surface area contributed by atoms with Crippen molar-refractivity contribution < 1.29 is 19.0 Å². The zero-order valence-electron chi connectivity index (χ0n) is 12.1. The lowest BCUT2D eigenvalue weighted by molar-refractivity contribution is 0.0994. The van der Waals surface area contributed by atoms with Crippen molar-refractivity contribution >= 4 is 22.5 Å². The summed E-state index contributed by atoms with van der Waals surface area (Å²) in [6.07, 6.45) is 0. The van der Waals surface area contributed by atoms with Gasteiger partial charge in [0.05, 0.1) is 12.6 Å². The van der Waals surface area contributed by atoms with Gasteiger partial charge < -0.3 is 14.8 Å². The molecule has 0 unspecified atom stereocenters. The van der Waals surface area contributed by atoms with Crippen molar-refractivity contribution in [2.24, 2.45) is 10.2 Å². The standard InChI is InChI=1S/C16H12FN3O3/c1-23-12-7-3-6-11-13(12)18-16(22)14(11)19-20-15(21)9-4-2-5-10(17)8-9/h2-8,18,22H,1H3. The minimum atomic E-state index is -0.707. The Bertz CT molecular complexity index is 918. The minimum absolute atomic E-state index is 0.0747. The summed E-state index contributed by atoms with van der Waals surface area (Å²) in [7, 11) is 1.50. The maximum atomic E-state index is 13.1. The summed E-state index contributed by atoms with van der Waals surface area (Å²) in [5.41, 5.74) is 0.731. The molecule has 0 aliphatic carbocycles. The summed E-state index contributed by atoms with van der Waals surface area (Å²) in [5, 5.41) is 17.8. The second-order valence-corrected chi connectivity index (χ2v) is 4.72.